The highest BCUT2D eigenvalue weighted by atomic mass is 32.1. The molecule has 0 aliphatic carbocycles. The topological polar surface area (TPSA) is 43.9 Å². The summed E-state index contributed by atoms with van der Waals surface area (Å²) < 4.78 is 8.63. The van der Waals surface area contributed by atoms with E-state index in [1.807, 2.05) is 30.5 Å². The van der Waals surface area contributed by atoms with Gasteiger partial charge in [-0.25, -0.2) is 4.98 Å². The van der Waals surface area contributed by atoms with E-state index in [0.29, 0.717) is 5.89 Å². The lowest BCUT2D eigenvalue weighted by atomic mass is 10.1. The van der Waals surface area contributed by atoms with Crippen LogP contribution in [0.15, 0.2) is 131 Å². The number of hydrogen-bond acceptors (Lipinski definition) is 4. The number of hydrogen-bond donors (Lipinski definition) is 0. The molecule has 5 heteroatoms. The second-order valence-corrected chi connectivity index (χ2v) is 10.5. The predicted octanol–water partition coefficient (Wildman–Crippen LogP) is 9.38. The lowest BCUT2D eigenvalue weighted by Gasteiger charge is -2.10. The molecular weight excluding hydrogens is 498 g/mol. The lowest BCUT2D eigenvalue weighted by molar-refractivity contribution is 0.620. The standard InChI is InChI=1S/C34H21N3OS/c1-2-11-30-26(9-1)27-15-13-24(34-36-29-16-14-23(21-32(29)38-34)33-12-6-18-39-33)20-31(27)37(30)25-8-5-7-22(19-25)28-10-3-4-17-35-28/h1-21H. The third-order valence-electron chi connectivity index (χ3n) is 7.18. The van der Waals surface area contributed by atoms with Crippen molar-refractivity contribution in [1.82, 2.24) is 14.5 Å². The van der Waals surface area contributed by atoms with Gasteiger partial charge in [-0.2, -0.15) is 0 Å². The fourth-order valence-corrected chi connectivity index (χ4v) is 6.09. The van der Waals surface area contributed by atoms with E-state index in [-0.39, 0.29) is 0 Å². The Morgan fingerprint density at radius 1 is 0.641 bits per heavy atom. The van der Waals surface area contributed by atoms with Crippen LogP contribution in [0.25, 0.3) is 71.7 Å². The van der Waals surface area contributed by atoms with Gasteiger partial charge in [-0.1, -0.05) is 54.6 Å². The molecule has 8 rings (SSSR count). The molecule has 0 unspecified atom stereocenters. The zero-order valence-corrected chi connectivity index (χ0v) is 21.6. The van der Waals surface area contributed by atoms with Gasteiger partial charge in [0.25, 0.3) is 0 Å². The molecule has 0 aliphatic rings. The number of aromatic nitrogens is 3. The molecule has 0 fully saturated rings. The van der Waals surface area contributed by atoms with E-state index in [4.69, 9.17) is 9.40 Å². The number of rotatable bonds is 4. The summed E-state index contributed by atoms with van der Waals surface area (Å²) in [7, 11) is 0. The summed E-state index contributed by atoms with van der Waals surface area (Å²) in [6.07, 6.45) is 1.83. The second kappa shape index (κ2) is 8.79. The van der Waals surface area contributed by atoms with Crippen molar-refractivity contribution in [2.45, 2.75) is 0 Å². The van der Waals surface area contributed by atoms with Crippen LogP contribution in [0, 0.1) is 0 Å². The Balaban J connectivity index is 1.31. The Labute approximate surface area is 228 Å². The summed E-state index contributed by atoms with van der Waals surface area (Å²) in [6, 6.07) is 40.0. The molecule has 4 heterocycles. The van der Waals surface area contributed by atoms with Crippen molar-refractivity contribution in [3.63, 3.8) is 0 Å². The van der Waals surface area contributed by atoms with Crippen molar-refractivity contribution in [2.24, 2.45) is 0 Å². The van der Waals surface area contributed by atoms with Crippen molar-refractivity contribution < 1.29 is 4.42 Å². The monoisotopic (exact) mass is 519 g/mol. The van der Waals surface area contributed by atoms with Crippen LogP contribution in [0.4, 0.5) is 0 Å². The Morgan fingerprint density at radius 2 is 1.54 bits per heavy atom. The van der Waals surface area contributed by atoms with Gasteiger partial charge < -0.3 is 8.98 Å². The summed E-state index contributed by atoms with van der Waals surface area (Å²) >= 11 is 1.72. The summed E-state index contributed by atoms with van der Waals surface area (Å²) in [4.78, 5) is 10.6. The maximum absolute atomic E-state index is 6.31. The Morgan fingerprint density at radius 3 is 2.44 bits per heavy atom. The summed E-state index contributed by atoms with van der Waals surface area (Å²) in [6.45, 7) is 0. The van der Waals surface area contributed by atoms with Crippen LogP contribution in [0.3, 0.4) is 0 Å². The second-order valence-electron chi connectivity index (χ2n) is 9.53. The summed E-state index contributed by atoms with van der Waals surface area (Å²) in [5.41, 5.74) is 9.11. The average Bonchev–Trinajstić information content (AvgIpc) is 3.75. The highest BCUT2D eigenvalue weighted by Crippen LogP contribution is 2.36. The number of thiophene rings is 1. The van der Waals surface area contributed by atoms with E-state index in [9.17, 15) is 0 Å². The molecule has 0 saturated heterocycles. The van der Waals surface area contributed by atoms with Crippen LogP contribution in [0.2, 0.25) is 0 Å². The van der Waals surface area contributed by atoms with Crippen LogP contribution in [-0.4, -0.2) is 14.5 Å². The normalized spacial score (nSPS) is 11.6. The molecule has 0 saturated carbocycles. The minimum atomic E-state index is 0.620. The quantitative estimate of drug-likeness (QED) is 0.233. The summed E-state index contributed by atoms with van der Waals surface area (Å²) in [5.74, 6) is 0.620. The van der Waals surface area contributed by atoms with E-state index in [0.717, 1.165) is 50.2 Å². The first-order valence-electron chi connectivity index (χ1n) is 12.8. The maximum atomic E-state index is 6.31. The molecule has 0 radical (unpaired) electrons. The van der Waals surface area contributed by atoms with Crippen molar-refractivity contribution >= 4 is 44.2 Å². The van der Waals surface area contributed by atoms with Gasteiger partial charge in [0.2, 0.25) is 5.89 Å². The van der Waals surface area contributed by atoms with Gasteiger partial charge in [0, 0.05) is 38.7 Å². The van der Waals surface area contributed by atoms with Gasteiger partial charge in [-0.3, -0.25) is 4.98 Å². The van der Waals surface area contributed by atoms with Crippen molar-refractivity contribution in [3.8, 4) is 38.8 Å². The van der Waals surface area contributed by atoms with Crippen molar-refractivity contribution in [2.75, 3.05) is 0 Å². The van der Waals surface area contributed by atoms with E-state index in [2.05, 4.69) is 106 Å². The highest BCUT2D eigenvalue weighted by molar-refractivity contribution is 7.13. The number of para-hydroxylation sites is 1. The molecule has 39 heavy (non-hydrogen) atoms. The van der Waals surface area contributed by atoms with Crippen LogP contribution >= 0.6 is 11.3 Å². The molecule has 0 N–H and O–H groups in total. The van der Waals surface area contributed by atoms with Crippen molar-refractivity contribution in [3.05, 3.63) is 127 Å². The highest BCUT2D eigenvalue weighted by Gasteiger charge is 2.16. The third kappa shape index (κ3) is 3.67. The molecule has 4 aromatic carbocycles. The third-order valence-corrected chi connectivity index (χ3v) is 8.10. The fourth-order valence-electron chi connectivity index (χ4n) is 5.36. The molecule has 0 aliphatic heterocycles. The summed E-state index contributed by atoms with van der Waals surface area (Å²) in [5, 5.41) is 4.49. The number of benzene rings is 4. The zero-order chi connectivity index (χ0) is 25.8. The van der Waals surface area contributed by atoms with Gasteiger partial charge in [0.1, 0.15) is 5.52 Å². The van der Waals surface area contributed by atoms with Gasteiger partial charge >= 0.3 is 0 Å². The van der Waals surface area contributed by atoms with Gasteiger partial charge in [0.15, 0.2) is 5.58 Å². The Hall–Kier alpha value is -5.00. The molecular formula is C34H21N3OS. The minimum absolute atomic E-state index is 0.620. The van der Waals surface area contributed by atoms with Crippen LogP contribution in [0.5, 0.6) is 0 Å². The van der Waals surface area contributed by atoms with E-state index in [1.165, 1.54) is 15.6 Å². The van der Waals surface area contributed by atoms with E-state index < -0.39 is 0 Å². The Kier molecular flexibility index (Phi) is 4.96. The van der Waals surface area contributed by atoms with Gasteiger partial charge in [0.05, 0.1) is 16.7 Å². The molecule has 0 amide bonds. The van der Waals surface area contributed by atoms with Crippen LogP contribution < -0.4 is 0 Å². The lowest BCUT2D eigenvalue weighted by Crippen LogP contribution is -1.95. The fraction of sp³-hybridized carbons (Fsp3) is 0. The molecule has 4 nitrogen and oxygen atoms in total. The predicted molar refractivity (Wildman–Crippen MR) is 160 cm³/mol. The zero-order valence-electron chi connectivity index (χ0n) is 20.8. The number of nitrogens with zero attached hydrogens (tertiary/aromatic N) is 3. The molecule has 0 spiro atoms. The SMILES string of the molecule is c1ccc(-c2cccc(-n3c4ccccc4c4ccc(-c5nc6ccc(-c7cccs7)cc6o5)cc43)c2)nc1. The van der Waals surface area contributed by atoms with Crippen LogP contribution in [-0.2, 0) is 0 Å². The molecule has 0 atom stereocenters. The molecule has 8 aromatic rings. The first-order valence-corrected chi connectivity index (χ1v) is 13.7. The molecule has 4 aromatic heterocycles. The van der Waals surface area contributed by atoms with Gasteiger partial charge in [-0.15, -0.1) is 11.3 Å². The molecule has 184 valence electrons. The number of pyridine rings is 1. The average molecular weight is 520 g/mol. The maximum Gasteiger partial charge on any atom is 0.227 e. The minimum Gasteiger partial charge on any atom is -0.436 e. The number of fused-ring (bicyclic) bond motifs is 4. The first-order chi connectivity index (χ1) is 19.3. The largest absolute Gasteiger partial charge is 0.436 e. The van der Waals surface area contributed by atoms with Crippen molar-refractivity contribution in [1.29, 1.82) is 0 Å². The molecule has 0 bridgehead atoms. The Bertz CT molecular complexity index is 2120. The van der Waals surface area contributed by atoms with E-state index in [1.54, 1.807) is 11.3 Å². The van der Waals surface area contributed by atoms with Gasteiger partial charge in [-0.05, 0) is 71.6 Å². The number of oxazole rings is 1. The smallest absolute Gasteiger partial charge is 0.227 e. The first kappa shape index (κ1) is 22.0. The van der Waals surface area contributed by atoms with Crippen LogP contribution in [0.1, 0.15) is 0 Å². The van der Waals surface area contributed by atoms with E-state index >= 15 is 0 Å².